The number of ether oxygens (including phenoxy) is 1. The highest BCUT2D eigenvalue weighted by molar-refractivity contribution is 5.77. The zero-order valence-corrected chi connectivity index (χ0v) is 10.4. The molecule has 0 aliphatic heterocycles. The van der Waals surface area contributed by atoms with Gasteiger partial charge in [0.05, 0.1) is 5.92 Å². The summed E-state index contributed by atoms with van der Waals surface area (Å²) in [6.07, 6.45) is 0.690. The quantitative estimate of drug-likeness (QED) is 0.737. The van der Waals surface area contributed by atoms with Crippen molar-refractivity contribution in [3.05, 3.63) is 35.6 Å². The predicted molar refractivity (Wildman–Crippen MR) is 63.1 cm³/mol. The summed E-state index contributed by atoms with van der Waals surface area (Å²) in [6.45, 7) is 5.52. The van der Waals surface area contributed by atoms with E-state index >= 15 is 0 Å². The SMILES string of the molecule is CC(C)(C)OC(=O)[C@@H]1C[C@H]1c1ccccc1F. The normalized spacial score (nSPS) is 23.3. The second-order valence-corrected chi connectivity index (χ2v) is 5.50. The first-order valence-corrected chi connectivity index (χ1v) is 5.86. The van der Waals surface area contributed by atoms with Crippen LogP contribution in [0.3, 0.4) is 0 Å². The summed E-state index contributed by atoms with van der Waals surface area (Å²) in [5.74, 6) is -0.633. The first-order valence-electron chi connectivity index (χ1n) is 5.86. The van der Waals surface area contributed by atoms with Crippen LogP contribution >= 0.6 is 0 Å². The lowest BCUT2D eigenvalue weighted by Crippen LogP contribution is -2.25. The standard InChI is InChI=1S/C14H17FO2/c1-14(2,3)17-13(16)11-8-10(11)9-6-4-5-7-12(9)15/h4-7,10-11H,8H2,1-3H3/t10-,11+/m0/s1. The molecule has 0 amide bonds. The van der Waals surface area contributed by atoms with E-state index in [2.05, 4.69) is 0 Å². The minimum Gasteiger partial charge on any atom is -0.460 e. The van der Waals surface area contributed by atoms with Gasteiger partial charge in [0.1, 0.15) is 11.4 Å². The van der Waals surface area contributed by atoms with Gasteiger partial charge >= 0.3 is 5.97 Å². The molecule has 2 atom stereocenters. The molecule has 1 fully saturated rings. The topological polar surface area (TPSA) is 26.3 Å². The van der Waals surface area contributed by atoms with Crippen LogP contribution in [0.2, 0.25) is 0 Å². The number of hydrogen-bond donors (Lipinski definition) is 0. The third-order valence-corrected chi connectivity index (χ3v) is 2.80. The minimum absolute atomic E-state index is 0.00829. The number of halogens is 1. The Balaban J connectivity index is 2.02. The first-order chi connectivity index (χ1) is 7.88. The van der Waals surface area contributed by atoms with Crippen LogP contribution in [0.15, 0.2) is 24.3 Å². The van der Waals surface area contributed by atoms with Gasteiger partial charge in [0.15, 0.2) is 0 Å². The predicted octanol–water partition coefficient (Wildman–Crippen LogP) is 3.27. The van der Waals surface area contributed by atoms with Gasteiger partial charge < -0.3 is 4.74 Å². The molecule has 1 aromatic rings. The summed E-state index contributed by atoms with van der Waals surface area (Å²) in [5, 5.41) is 0. The summed E-state index contributed by atoms with van der Waals surface area (Å²) >= 11 is 0. The third-order valence-electron chi connectivity index (χ3n) is 2.80. The van der Waals surface area contributed by atoms with Crippen molar-refractivity contribution in [3.8, 4) is 0 Å². The Morgan fingerprint density at radius 1 is 1.35 bits per heavy atom. The van der Waals surface area contributed by atoms with Crippen LogP contribution in [-0.4, -0.2) is 11.6 Å². The highest BCUT2D eigenvalue weighted by Crippen LogP contribution is 2.49. The maximum absolute atomic E-state index is 13.5. The number of hydrogen-bond acceptors (Lipinski definition) is 2. The average molecular weight is 236 g/mol. The molecule has 0 N–H and O–H groups in total. The fourth-order valence-corrected chi connectivity index (χ4v) is 1.95. The molecule has 1 saturated carbocycles. The molecule has 2 rings (SSSR count). The van der Waals surface area contributed by atoms with E-state index in [-0.39, 0.29) is 23.6 Å². The van der Waals surface area contributed by atoms with Gasteiger partial charge in [-0.2, -0.15) is 0 Å². The molecule has 1 aromatic carbocycles. The third kappa shape index (κ3) is 2.84. The van der Waals surface area contributed by atoms with E-state index in [1.165, 1.54) is 6.07 Å². The smallest absolute Gasteiger partial charge is 0.310 e. The summed E-state index contributed by atoms with van der Waals surface area (Å²) in [4.78, 5) is 11.8. The number of benzene rings is 1. The number of carbonyl (C=O) groups excluding carboxylic acids is 1. The molecule has 17 heavy (non-hydrogen) atoms. The molecule has 1 aliphatic carbocycles. The lowest BCUT2D eigenvalue weighted by Gasteiger charge is -2.19. The molecule has 0 bridgehead atoms. The average Bonchev–Trinajstić information content (AvgIpc) is 2.95. The maximum atomic E-state index is 13.5. The Morgan fingerprint density at radius 2 is 2.00 bits per heavy atom. The number of carbonyl (C=O) groups is 1. The lowest BCUT2D eigenvalue weighted by molar-refractivity contribution is -0.156. The van der Waals surface area contributed by atoms with E-state index in [9.17, 15) is 9.18 Å². The van der Waals surface area contributed by atoms with E-state index in [1.807, 2.05) is 20.8 Å². The van der Waals surface area contributed by atoms with Gasteiger partial charge in [-0.25, -0.2) is 4.39 Å². The lowest BCUT2D eigenvalue weighted by atomic mass is 10.1. The Labute approximate surface area is 101 Å². The van der Waals surface area contributed by atoms with Crippen molar-refractivity contribution >= 4 is 5.97 Å². The molecule has 0 aromatic heterocycles. The van der Waals surface area contributed by atoms with E-state index in [1.54, 1.807) is 18.2 Å². The van der Waals surface area contributed by atoms with E-state index in [0.717, 1.165) is 0 Å². The first kappa shape index (κ1) is 12.1. The van der Waals surface area contributed by atoms with Crippen molar-refractivity contribution in [2.45, 2.75) is 38.7 Å². The van der Waals surface area contributed by atoms with Crippen molar-refractivity contribution in [2.24, 2.45) is 5.92 Å². The Morgan fingerprint density at radius 3 is 2.59 bits per heavy atom. The van der Waals surface area contributed by atoms with Gasteiger partial charge in [0.2, 0.25) is 0 Å². The molecule has 0 radical (unpaired) electrons. The van der Waals surface area contributed by atoms with Crippen molar-refractivity contribution in [1.82, 2.24) is 0 Å². The van der Waals surface area contributed by atoms with Crippen LogP contribution in [-0.2, 0) is 9.53 Å². The van der Waals surface area contributed by atoms with Gasteiger partial charge in [0, 0.05) is 5.92 Å². The zero-order valence-electron chi connectivity index (χ0n) is 10.4. The highest BCUT2D eigenvalue weighted by Gasteiger charge is 2.47. The van der Waals surface area contributed by atoms with E-state index in [4.69, 9.17) is 4.74 Å². The molecule has 1 aliphatic rings. The molecule has 2 nitrogen and oxygen atoms in total. The summed E-state index contributed by atoms with van der Waals surface area (Å²) in [7, 11) is 0. The fraction of sp³-hybridized carbons (Fsp3) is 0.500. The van der Waals surface area contributed by atoms with Crippen molar-refractivity contribution in [2.75, 3.05) is 0 Å². The summed E-state index contributed by atoms with van der Waals surface area (Å²) in [5.41, 5.74) is 0.155. The van der Waals surface area contributed by atoms with Crippen LogP contribution in [0.25, 0.3) is 0 Å². The van der Waals surface area contributed by atoms with E-state index in [0.29, 0.717) is 12.0 Å². The largest absolute Gasteiger partial charge is 0.460 e. The number of rotatable bonds is 2. The molecule has 0 spiro atoms. The molecular weight excluding hydrogens is 219 g/mol. The molecule has 92 valence electrons. The Bertz CT molecular complexity index is 434. The van der Waals surface area contributed by atoms with Gasteiger partial charge in [-0.1, -0.05) is 18.2 Å². The molecule has 0 unspecified atom stereocenters. The fourth-order valence-electron chi connectivity index (χ4n) is 1.95. The van der Waals surface area contributed by atoms with Crippen LogP contribution in [0.4, 0.5) is 4.39 Å². The Hall–Kier alpha value is -1.38. The Kier molecular flexibility index (Phi) is 2.94. The van der Waals surface area contributed by atoms with Gasteiger partial charge in [-0.3, -0.25) is 4.79 Å². The van der Waals surface area contributed by atoms with Crippen LogP contribution < -0.4 is 0 Å². The molecule has 0 saturated heterocycles. The van der Waals surface area contributed by atoms with Crippen LogP contribution in [0.5, 0.6) is 0 Å². The van der Waals surface area contributed by atoms with Crippen molar-refractivity contribution < 1.29 is 13.9 Å². The van der Waals surface area contributed by atoms with E-state index < -0.39 is 5.60 Å². The van der Waals surface area contributed by atoms with Crippen LogP contribution in [0.1, 0.15) is 38.7 Å². The maximum Gasteiger partial charge on any atom is 0.310 e. The second kappa shape index (κ2) is 4.13. The highest BCUT2D eigenvalue weighted by atomic mass is 19.1. The summed E-state index contributed by atoms with van der Waals surface area (Å²) < 4.78 is 18.8. The second-order valence-electron chi connectivity index (χ2n) is 5.50. The van der Waals surface area contributed by atoms with Gasteiger partial charge in [0.25, 0.3) is 0 Å². The molecular formula is C14H17FO2. The van der Waals surface area contributed by atoms with Crippen molar-refractivity contribution in [1.29, 1.82) is 0 Å². The van der Waals surface area contributed by atoms with Gasteiger partial charge in [-0.05, 0) is 38.8 Å². The molecule has 3 heteroatoms. The zero-order chi connectivity index (χ0) is 12.6. The molecule has 0 heterocycles. The monoisotopic (exact) mass is 236 g/mol. The van der Waals surface area contributed by atoms with Crippen molar-refractivity contribution in [3.63, 3.8) is 0 Å². The summed E-state index contributed by atoms with van der Waals surface area (Å²) in [6, 6.07) is 6.62. The van der Waals surface area contributed by atoms with Crippen LogP contribution in [0, 0.1) is 11.7 Å². The van der Waals surface area contributed by atoms with Gasteiger partial charge in [-0.15, -0.1) is 0 Å². The minimum atomic E-state index is -0.473. The number of esters is 1.